The topological polar surface area (TPSA) is 3.24 Å². The Kier molecular flexibility index (Phi) is 11.3. The van der Waals surface area contributed by atoms with Crippen molar-refractivity contribution in [3.63, 3.8) is 0 Å². The minimum absolute atomic E-state index is 0. The smallest absolute Gasteiger partial charge is 1.00 e. The van der Waals surface area contributed by atoms with Crippen LogP contribution in [0, 0.1) is 0 Å². The normalized spacial score (nSPS) is 7.85. The van der Waals surface area contributed by atoms with Crippen molar-refractivity contribution in [2.75, 3.05) is 11.9 Å². The van der Waals surface area contributed by atoms with E-state index in [0.29, 0.717) is 4.32 Å². The minimum atomic E-state index is 0. The van der Waals surface area contributed by atoms with Crippen LogP contribution in [0.15, 0.2) is 30.3 Å². The average molecular weight is 231 g/mol. The van der Waals surface area contributed by atoms with Crippen molar-refractivity contribution in [3.05, 3.63) is 30.3 Å². The summed E-state index contributed by atoms with van der Waals surface area (Å²) in [5.41, 5.74) is 1.06. The Morgan fingerprint density at radius 1 is 1.31 bits per heavy atom. The zero-order chi connectivity index (χ0) is 8.27. The molecule has 0 atom stereocenters. The van der Waals surface area contributed by atoms with Gasteiger partial charge in [-0.1, -0.05) is 30.4 Å². The number of para-hydroxylation sites is 1. The molecular weight excluding hydrogens is 220 g/mol. The Bertz CT molecular complexity index is 262. The van der Waals surface area contributed by atoms with Crippen molar-refractivity contribution in [1.82, 2.24) is 0 Å². The van der Waals surface area contributed by atoms with E-state index in [2.05, 4.69) is 12.6 Å². The van der Waals surface area contributed by atoms with Crippen LogP contribution in [0.3, 0.4) is 0 Å². The van der Waals surface area contributed by atoms with Crippen LogP contribution in [0.4, 0.5) is 5.69 Å². The molecule has 1 rings (SSSR count). The van der Waals surface area contributed by atoms with Crippen LogP contribution in [0.1, 0.15) is 2.85 Å². The van der Waals surface area contributed by atoms with Crippen LogP contribution < -0.4 is 64.0 Å². The van der Waals surface area contributed by atoms with Crippen LogP contribution in [0.25, 0.3) is 0 Å². The third-order valence-electron chi connectivity index (χ3n) is 1.43. The van der Waals surface area contributed by atoms with Crippen molar-refractivity contribution in [1.29, 1.82) is 0 Å². The summed E-state index contributed by atoms with van der Waals surface area (Å²) < 4.78 is 0.580. The molecule has 13 heavy (non-hydrogen) atoms. The number of thiocarbonyl (C=S) groups is 1. The Labute approximate surface area is 137 Å². The Morgan fingerprint density at radius 2 is 1.77 bits per heavy atom. The van der Waals surface area contributed by atoms with Crippen molar-refractivity contribution < 1.29 is 62.0 Å². The fraction of sp³-hybridized carbons (Fsp3) is 0.125. The van der Waals surface area contributed by atoms with Crippen molar-refractivity contribution in [2.24, 2.45) is 0 Å². The number of thiol groups is 1. The molecule has 0 saturated carbocycles. The second kappa shape index (κ2) is 8.74. The molecule has 0 fully saturated rings. The summed E-state index contributed by atoms with van der Waals surface area (Å²) >= 11 is 8.95. The molecule has 0 spiro atoms. The van der Waals surface area contributed by atoms with Gasteiger partial charge in [-0.15, -0.1) is 12.6 Å². The summed E-state index contributed by atoms with van der Waals surface area (Å²) in [4.78, 5) is 1.85. The summed E-state index contributed by atoms with van der Waals surface area (Å²) in [7, 11) is 1.89. The van der Waals surface area contributed by atoms with Gasteiger partial charge < -0.3 is 7.75 Å². The predicted octanol–water partition coefficient (Wildman–Crippen LogP) is -3.43. The average Bonchev–Trinajstić information content (AvgIpc) is 2.05. The molecule has 62 valence electrons. The van der Waals surface area contributed by atoms with Gasteiger partial charge in [0, 0.05) is 12.7 Å². The van der Waals surface area contributed by atoms with Gasteiger partial charge in [-0.2, -0.15) is 0 Å². The zero-order valence-corrected chi connectivity index (χ0v) is 13.9. The quantitative estimate of drug-likeness (QED) is 0.304. The van der Waals surface area contributed by atoms with Crippen molar-refractivity contribution >= 4 is 34.9 Å². The van der Waals surface area contributed by atoms with E-state index in [0.717, 1.165) is 5.69 Å². The fourth-order valence-corrected chi connectivity index (χ4v) is 0.983. The van der Waals surface area contributed by atoms with E-state index in [4.69, 9.17) is 12.2 Å². The van der Waals surface area contributed by atoms with Crippen molar-refractivity contribution in [3.8, 4) is 0 Å². The maximum absolute atomic E-state index is 4.89. The number of anilines is 1. The molecule has 0 aliphatic rings. The fourth-order valence-electron chi connectivity index (χ4n) is 0.762. The second-order valence-corrected chi connectivity index (χ2v) is 3.29. The van der Waals surface area contributed by atoms with E-state index in [1.807, 2.05) is 42.3 Å². The Balaban J connectivity index is -0.000000151. The Hall–Kier alpha value is 1.46. The second-order valence-electron chi connectivity index (χ2n) is 2.18. The summed E-state index contributed by atoms with van der Waals surface area (Å²) in [6.07, 6.45) is 0. The number of benzene rings is 1. The van der Waals surface area contributed by atoms with E-state index >= 15 is 0 Å². The molecular formula is C8H11NNa2S2. The van der Waals surface area contributed by atoms with Crippen LogP contribution in [0.5, 0.6) is 0 Å². The maximum Gasteiger partial charge on any atom is 1.00 e. The molecule has 5 heteroatoms. The summed E-state index contributed by atoms with van der Waals surface area (Å²) in [6.45, 7) is 0. The molecule has 0 bridgehead atoms. The molecule has 0 radical (unpaired) electrons. The molecule has 1 nitrogen and oxygen atoms in total. The first-order chi connectivity index (χ1) is 5.22. The minimum Gasteiger partial charge on any atom is -1.00 e. The zero-order valence-electron chi connectivity index (χ0n) is 10.2. The third-order valence-corrected chi connectivity index (χ3v) is 2.00. The first-order valence-corrected chi connectivity index (χ1v) is 4.09. The standard InChI is InChI=1S/C8H9NS2.2Na.2H/c1-9(8(10)11)7-5-3-2-4-6-7;;;;/h2-6H,1H3,(H,10,11);;;;/q;2*+1;2*-1. The van der Waals surface area contributed by atoms with Crippen LogP contribution in [0.2, 0.25) is 0 Å². The van der Waals surface area contributed by atoms with E-state index in [1.54, 1.807) is 0 Å². The van der Waals surface area contributed by atoms with Gasteiger partial charge in [-0.3, -0.25) is 0 Å². The number of hydrogen-bond donors (Lipinski definition) is 1. The van der Waals surface area contributed by atoms with Gasteiger partial charge in [0.1, 0.15) is 4.32 Å². The summed E-state index contributed by atoms with van der Waals surface area (Å²) in [5.74, 6) is 0. The number of nitrogens with zero attached hydrogens (tertiary/aromatic N) is 1. The first-order valence-electron chi connectivity index (χ1n) is 3.23. The van der Waals surface area contributed by atoms with Gasteiger partial charge in [0.15, 0.2) is 0 Å². The van der Waals surface area contributed by atoms with Crippen molar-refractivity contribution in [2.45, 2.75) is 0 Å². The molecule has 0 N–H and O–H groups in total. The molecule has 0 aliphatic carbocycles. The Morgan fingerprint density at radius 3 is 2.15 bits per heavy atom. The van der Waals surface area contributed by atoms with Gasteiger partial charge >= 0.3 is 59.1 Å². The maximum atomic E-state index is 4.89. The van der Waals surface area contributed by atoms with E-state index in [-0.39, 0.29) is 62.0 Å². The van der Waals surface area contributed by atoms with Crippen LogP contribution in [-0.2, 0) is 0 Å². The van der Waals surface area contributed by atoms with Gasteiger partial charge in [-0.05, 0) is 12.1 Å². The largest absolute Gasteiger partial charge is 1.00 e. The number of hydrogen-bond acceptors (Lipinski definition) is 1. The monoisotopic (exact) mass is 231 g/mol. The first kappa shape index (κ1) is 16.9. The van der Waals surface area contributed by atoms with E-state index in [1.165, 1.54) is 0 Å². The van der Waals surface area contributed by atoms with E-state index in [9.17, 15) is 0 Å². The van der Waals surface area contributed by atoms with Gasteiger partial charge in [0.25, 0.3) is 0 Å². The molecule has 0 aromatic heterocycles. The molecule has 1 aromatic carbocycles. The SMILES string of the molecule is CN(C(=S)S)c1ccccc1.[H-].[H-].[Na+].[Na+]. The molecule has 0 amide bonds. The molecule has 0 heterocycles. The predicted molar refractivity (Wildman–Crippen MR) is 58.7 cm³/mol. The summed E-state index contributed by atoms with van der Waals surface area (Å²) in [5, 5.41) is 0. The van der Waals surface area contributed by atoms with Gasteiger partial charge in [0.2, 0.25) is 0 Å². The third kappa shape index (κ3) is 5.80. The number of rotatable bonds is 1. The molecule has 1 aromatic rings. The van der Waals surface area contributed by atoms with Crippen LogP contribution in [-0.4, -0.2) is 11.4 Å². The summed E-state index contributed by atoms with van der Waals surface area (Å²) in [6, 6.07) is 9.89. The van der Waals surface area contributed by atoms with Crippen LogP contribution >= 0.6 is 24.8 Å². The van der Waals surface area contributed by atoms with E-state index < -0.39 is 0 Å². The molecule has 0 aliphatic heterocycles. The van der Waals surface area contributed by atoms with Gasteiger partial charge in [0.05, 0.1) is 0 Å². The molecule has 0 saturated heterocycles. The van der Waals surface area contributed by atoms with Gasteiger partial charge in [-0.25, -0.2) is 0 Å². The molecule has 0 unspecified atom stereocenters.